The number of likely N-dealkylation sites (tertiary alicyclic amines) is 1. The molecule has 1 aromatic carbocycles. The highest BCUT2D eigenvalue weighted by Gasteiger charge is 2.33. The molecule has 6 nitrogen and oxygen atoms in total. The lowest BCUT2D eigenvalue weighted by Gasteiger charge is -2.47. The van der Waals surface area contributed by atoms with Crippen molar-refractivity contribution in [2.24, 2.45) is 0 Å². The Morgan fingerprint density at radius 2 is 1.97 bits per heavy atom. The summed E-state index contributed by atoms with van der Waals surface area (Å²) in [6.07, 6.45) is 7.31. The van der Waals surface area contributed by atoms with Crippen LogP contribution in [0.4, 0.5) is 0 Å². The molecule has 3 heterocycles. The van der Waals surface area contributed by atoms with Crippen LogP contribution in [0.5, 0.6) is 0 Å². The van der Waals surface area contributed by atoms with Crippen molar-refractivity contribution in [3.8, 4) is 5.69 Å². The predicted octanol–water partition coefficient (Wildman–Crippen LogP) is 2.14. The van der Waals surface area contributed by atoms with Crippen LogP contribution >= 0.6 is 0 Å². The molecular weight excluding hydrogens is 362 g/mol. The van der Waals surface area contributed by atoms with Crippen molar-refractivity contribution < 1.29 is 5.11 Å². The van der Waals surface area contributed by atoms with Crippen molar-refractivity contribution in [2.45, 2.75) is 44.8 Å². The number of hydrogen-bond acceptors (Lipinski definition) is 5. The Morgan fingerprint density at radius 3 is 2.72 bits per heavy atom. The zero-order chi connectivity index (χ0) is 20.2. The molecule has 0 bridgehead atoms. The predicted molar refractivity (Wildman–Crippen MR) is 116 cm³/mol. The Labute approximate surface area is 174 Å². The van der Waals surface area contributed by atoms with Crippen molar-refractivity contribution in [2.75, 3.05) is 46.4 Å². The minimum absolute atomic E-state index is 0.263. The van der Waals surface area contributed by atoms with E-state index in [1.807, 2.05) is 6.20 Å². The molecule has 1 unspecified atom stereocenters. The lowest BCUT2D eigenvalue weighted by atomic mass is 9.98. The van der Waals surface area contributed by atoms with Crippen LogP contribution in [0, 0.1) is 6.92 Å². The largest absolute Gasteiger partial charge is 0.396 e. The van der Waals surface area contributed by atoms with Gasteiger partial charge in [0.1, 0.15) is 5.82 Å². The summed E-state index contributed by atoms with van der Waals surface area (Å²) < 4.78 is 2.21. The van der Waals surface area contributed by atoms with Gasteiger partial charge in [0.25, 0.3) is 0 Å². The van der Waals surface area contributed by atoms with Crippen molar-refractivity contribution in [1.82, 2.24) is 24.3 Å². The molecule has 1 N–H and O–H groups in total. The van der Waals surface area contributed by atoms with Crippen LogP contribution in [0.3, 0.4) is 0 Å². The average molecular weight is 398 g/mol. The molecule has 158 valence electrons. The molecule has 0 spiro atoms. The van der Waals surface area contributed by atoms with E-state index in [9.17, 15) is 5.11 Å². The normalized spacial score (nSPS) is 22.9. The van der Waals surface area contributed by atoms with Crippen LogP contribution in [0.2, 0.25) is 0 Å². The molecule has 29 heavy (non-hydrogen) atoms. The lowest BCUT2D eigenvalue weighted by molar-refractivity contribution is 0.00516. The Hall–Kier alpha value is -1.73. The summed E-state index contributed by atoms with van der Waals surface area (Å²) >= 11 is 0. The number of aliphatic hydroxyl groups excluding tert-OH is 1. The van der Waals surface area contributed by atoms with Gasteiger partial charge in [-0.2, -0.15) is 0 Å². The summed E-state index contributed by atoms with van der Waals surface area (Å²) in [7, 11) is 2.22. The minimum Gasteiger partial charge on any atom is -0.396 e. The van der Waals surface area contributed by atoms with Gasteiger partial charge in [-0.1, -0.05) is 12.1 Å². The maximum absolute atomic E-state index is 9.67. The van der Waals surface area contributed by atoms with E-state index in [1.165, 1.54) is 37.2 Å². The van der Waals surface area contributed by atoms with Crippen LogP contribution in [0.25, 0.3) is 5.69 Å². The molecule has 4 rings (SSSR count). The van der Waals surface area contributed by atoms with Gasteiger partial charge in [-0.3, -0.25) is 9.80 Å². The molecule has 6 heteroatoms. The molecule has 0 aliphatic carbocycles. The van der Waals surface area contributed by atoms with E-state index in [0.717, 1.165) is 38.4 Å². The first-order valence-corrected chi connectivity index (χ1v) is 11.0. The van der Waals surface area contributed by atoms with Crippen LogP contribution in [-0.4, -0.2) is 87.8 Å². The summed E-state index contributed by atoms with van der Waals surface area (Å²) in [5.74, 6) is 1.09. The van der Waals surface area contributed by atoms with Gasteiger partial charge >= 0.3 is 0 Å². The second kappa shape index (κ2) is 9.39. The van der Waals surface area contributed by atoms with Gasteiger partial charge < -0.3 is 14.6 Å². The van der Waals surface area contributed by atoms with E-state index in [-0.39, 0.29) is 6.61 Å². The monoisotopic (exact) mass is 397 g/mol. The molecule has 0 saturated carbocycles. The SMILES string of the molecule is Cc1cccc(-n2ccnc2CN2CCN(C3CCN(C)CC3)C(CCO)C2)c1. The van der Waals surface area contributed by atoms with E-state index in [4.69, 9.17) is 0 Å². The molecule has 2 aromatic rings. The van der Waals surface area contributed by atoms with Crippen molar-refractivity contribution in [3.63, 3.8) is 0 Å². The molecule has 2 fully saturated rings. The lowest BCUT2D eigenvalue weighted by Crippen LogP contribution is -2.58. The number of hydrogen-bond donors (Lipinski definition) is 1. The van der Waals surface area contributed by atoms with Gasteiger partial charge in [0.2, 0.25) is 0 Å². The highest BCUT2D eigenvalue weighted by Crippen LogP contribution is 2.24. The number of aliphatic hydroxyl groups is 1. The first kappa shape index (κ1) is 20.5. The van der Waals surface area contributed by atoms with Crippen molar-refractivity contribution >= 4 is 0 Å². The maximum Gasteiger partial charge on any atom is 0.127 e. The number of imidazole rings is 1. The van der Waals surface area contributed by atoms with Gasteiger partial charge in [-0.25, -0.2) is 4.98 Å². The number of rotatable bonds is 6. The molecule has 2 aliphatic rings. The van der Waals surface area contributed by atoms with E-state index in [0.29, 0.717) is 12.1 Å². The minimum atomic E-state index is 0.263. The quantitative estimate of drug-likeness (QED) is 0.809. The summed E-state index contributed by atoms with van der Waals surface area (Å²) in [5, 5.41) is 9.67. The van der Waals surface area contributed by atoms with Gasteiger partial charge in [0.15, 0.2) is 0 Å². The summed E-state index contributed by atoms with van der Waals surface area (Å²) in [5.41, 5.74) is 2.44. The molecule has 0 radical (unpaired) electrons. The highest BCUT2D eigenvalue weighted by molar-refractivity contribution is 5.36. The van der Waals surface area contributed by atoms with Crippen LogP contribution < -0.4 is 0 Å². The number of aryl methyl sites for hydroxylation is 1. The zero-order valence-electron chi connectivity index (χ0n) is 17.9. The van der Waals surface area contributed by atoms with Crippen molar-refractivity contribution in [3.05, 3.63) is 48.0 Å². The number of piperidine rings is 1. The third-order valence-corrected chi connectivity index (χ3v) is 6.59. The number of nitrogens with zero attached hydrogens (tertiary/aromatic N) is 5. The van der Waals surface area contributed by atoms with Crippen molar-refractivity contribution in [1.29, 1.82) is 0 Å². The van der Waals surface area contributed by atoms with E-state index < -0.39 is 0 Å². The second-order valence-electron chi connectivity index (χ2n) is 8.73. The molecule has 0 amide bonds. The zero-order valence-corrected chi connectivity index (χ0v) is 17.9. The number of benzene rings is 1. The maximum atomic E-state index is 9.67. The fourth-order valence-corrected chi connectivity index (χ4v) is 4.95. The van der Waals surface area contributed by atoms with Gasteiger partial charge in [0, 0.05) is 56.4 Å². The Kier molecular flexibility index (Phi) is 6.65. The van der Waals surface area contributed by atoms with Crippen LogP contribution in [-0.2, 0) is 6.54 Å². The van der Waals surface area contributed by atoms with E-state index in [2.05, 4.69) is 68.7 Å². The topological polar surface area (TPSA) is 47.8 Å². The Morgan fingerprint density at radius 1 is 1.14 bits per heavy atom. The first-order valence-electron chi connectivity index (χ1n) is 11.0. The first-order chi connectivity index (χ1) is 14.1. The Balaban J connectivity index is 1.43. The van der Waals surface area contributed by atoms with Crippen LogP contribution in [0.15, 0.2) is 36.7 Å². The standard InChI is InChI=1S/C23H35N5O/c1-19-4-3-5-21(16-19)28-12-9-24-23(28)18-26-13-14-27(22(17-26)8-15-29)20-6-10-25(2)11-7-20/h3-5,9,12,16,20,22,29H,6-8,10-11,13-15,17-18H2,1-2H3. The average Bonchev–Trinajstić information content (AvgIpc) is 3.17. The number of aromatic nitrogens is 2. The Bertz CT molecular complexity index is 783. The summed E-state index contributed by atoms with van der Waals surface area (Å²) in [6, 6.07) is 9.68. The molecular formula is C23H35N5O. The highest BCUT2D eigenvalue weighted by atomic mass is 16.3. The van der Waals surface area contributed by atoms with Crippen LogP contribution in [0.1, 0.15) is 30.7 Å². The second-order valence-corrected chi connectivity index (χ2v) is 8.73. The van der Waals surface area contributed by atoms with Gasteiger partial charge in [-0.05, 0) is 64.0 Å². The van der Waals surface area contributed by atoms with E-state index >= 15 is 0 Å². The van der Waals surface area contributed by atoms with E-state index in [1.54, 1.807) is 0 Å². The molecule has 2 aliphatic heterocycles. The number of piperazine rings is 1. The summed E-state index contributed by atoms with van der Waals surface area (Å²) in [6.45, 7) is 8.77. The molecule has 1 atom stereocenters. The van der Waals surface area contributed by atoms with Gasteiger partial charge in [-0.15, -0.1) is 0 Å². The summed E-state index contributed by atoms with van der Waals surface area (Å²) in [4.78, 5) is 12.3. The third kappa shape index (κ3) is 4.89. The third-order valence-electron chi connectivity index (χ3n) is 6.59. The smallest absolute Gasteiger partial charge is 0.127 e. The molecule has 2 saturated heterocycles. The van der Waals surface area contributed by atoms with Gasteiger partial charge in [0.05, 0.1) is 6.54 Å². The fourth-order valence-electron chi connectivity index (χ4n) is 4.95. The molecule has 1 aromatic heterocycles. The fraction of sp³-hybridized carbons (Fsp3) is 0.609.